The van der Waals surface area contributed by atoms with Crippen LogP contribution in [0.5, 0.6) is 0 Å². The van der Waals surface area contributed by atoms with Crippen molar-refractivity contribution >= 4 is 43.9 Å². The summed E-state index contributed by atoms with van der Waals surface area (Å²) < 4.78 is 41.6. The van der Waals surface area contributed by atoms with Crippen molar-refractivity contribution in [3.8, 4) is 0 Å². The molecule has 0 bridgehead atoms. The summed E-state index contributed by atoms with van der Waals surface area (Å²) in [5.74, 6) is -3.94. The van der Waals surface area contributed by atoms with Crippen LogP contribution < -0.4 is 0 Å². The molecule has 27 heavy (non-hydrogen) atoms. The predicted molar refractivity (Wildman–Crippen MR) is 84.6 cm³/mol. The van der Waals surface area contributed by atoms with Gasteiger partial charge >= 0.3 is 6.96 Å². The molecule has 4 aliphatic rings. The summed E-state index contributed by atoms with van der Waals surface area (Å²) in [5, 5.41) is 0. The molecule has 15 heteroatoms. The molecule has 0 aromatic carbocycles. The number of rotatable bonds is 0. The lowest BCUT2D eigenvalue weighted by atomic mass is 9.61. The molecule has 12 nitrogen and oxygen atoms in total. The van der Waals surface area contributed by atoms with E-state index in [9.17, 15) is 19.2 Å². The van der Waals surface area contributed by atoms with E-state index in [2.05, 4.69) is 0 Å². The molecular formula is C12H16B3O12-3. The Bertz CT molecular complexity index is 688. The molecule has 0 radical (unpaired) electrons. The molecular weight excluding hydrogens is 369 g/mol. The third kappa shape index (κ3) is 3.00. The number of fused-ring (bicyclic) bond motifs is 2. The Morgan fingerprint density at radius 2 is 0.815 bits per heavy atom. The van der Waals surface area contributed by atoms with Crippen molar-refractivity contribution in [2.45, 2.75) is 51.7 Å². The van der Waals surface area contributed by atoms with Crippen LogP contribution >= 0.6 is 0 Å². The van der Waals surface area contributed by atoms with Crippen molar-refractivity contribution < 1.29 is 56.4 Å². The van der Waals surface area contributed by atoms with Crippen molar-refractivity contribution in [3.05, 3.63) is 0 Å². The van der Waals surface area contributed by atoms with Gasteiger partial charge in [-0.25, -0.2) is 0 Å². The molecule has 0 amide bonds. The van der Waals surface area contributed by atoms with E-state index in [0.29, 0.717) is 0 Å². The Kier molecular flexibility index (Phi) is 3.70. The summed E-state index contributed by atoms with van der Waals surface area (Å²) >= 11 is 0. The maximum atomic E-state index is 12.4. The van der Waals surface area contributed by atoms with Crippen molar-refractivity contribution in [2.24, 2.45) is 0 Å². The monoisotopic (exact) mass is 385 g/mol. The fraction of sp³-hybridized carbons (Fsp3) is 0.667. The van der Waals surface area contributed by atoms with E-state index < -0.39 is 68.4 Å². The molecule has 4 saturated heterocycles. The molecule has 0 N–H and O–H groups in total. The number of hydrogen-bond donors (Lipinski definition) is 0. The van der Waals surface area contributed by atoms with Gasteiger partial charge in [-0.15, -0.1) is 27.3 Å². The van der Waals surface area contributed by atoms with E-state index in [1.807, 2.05) is 0 Å². The van der Waals surface area contributed by atoms with E-state index >= 15 is 0 Å². The second-order valence-electron chi connectivity index (χ2n) is 7.78. The Hall–Kier alpha value is -2.09. The average Bonchev–Trinajstić information content (AvgIpc) is 2.49. The van der Waals surface area contributed by atoms with Gasteiger partial charge in [-0.3, -0.25) is 19.2 Å². The smallest absolute Gasteiger partial charge is 0.657 e. The minimum atomic E-state index is -3.56. The highest BCUT2D eigenvalue weighted by Gasteiger charge is 2.61. The van der Waals surface area contributed by atoms with Gasteiger partial charge in [0, 0.05) is 0 Å². The fourth-order valence-electron chi connectivity index (χ4n) is 3.40. The summed E-state index contributed by atoms with van der Waals surface area (Å²) in [6.07, 6.45) is -6.03. The molecule has 4 rings (SSSR count). The van der Waals surface area contributed by atoms with Crippen molar-refractivity contribution in [1.82, 2.24) is 0 Å². The van der Waals surface area contributed by atoms with Gasteiger partial charge in [0.1, 0.15) is 24.4 Å². The van der Waals surface area contributed by atoms with Crippen molar-refractivity contribution in [1.29, 1.82) is 0 Å². The first kappa shape index (κ1) is 18.3. The van der Waals surface area contributed by atoms with Gasteiger partial charge < -0.3 is 37.2 Å². The van der Waals surface area contributed by atoms with Crippen LogP contribution in [0, 0.1) is 0 Å². The normalized spacial score (nSPS) is 42.2. The Morgan fingerprint density at radius 1 is 0.519 bits per heavy atom. The molecule has 4 fully saturated rings. The largest absolute Gasteiger partial charge is 0.664 e. The molecule has 4 atom stereocenters. The maximum Gasteiger partial charge on any atom is 0.657 e. The molecule has 4 aliphatic heterocycles. The van der Waals surface area contributed by atoms with Gasteiger partial charge in [0.25, 0.3) is 37.0 Å². The van der Waals surface area contributed by atoms with Crippen LogP contribution in [0.2, 0.25) is 27.3 Å². The van der Waals surface area contributed by atoms with Gasteiger partial charge in [-0.1, -0.05) is 0 Å². The lowest BCUT2D eigenvalue weighted by Gasteiger charge is -2.58. The summed E-state index contributed by atoms with van der Waals surface area (Å²) in [6.45, 7) is -1.76. The SMILES string of the molecule is C[B-]1(C)OC(=O)C2O[B-]3(OC(=O)C2O1)OC(=O)C1O[B-](C)(C)OC(=O)C1O3. The van der Waals surface area contributed by atoms with Gasteiger partial charge in [-0.05, 0) is 0 Å². The summed E-state index contributed by atoms with van der Waals surface area (Å²) in [5.41, 5.74) is 0. The Morgan fingerprint density at radius 3 is 1.19 bits per heavy atom. The van der Waals surface area contributed by atoms with E-state index in [1.54, 1.807) is 0 Å². The summed E-state index contributed by atoms with van der Waals surface area (Å²) in [7, 11) is 0. The fourth-order valence-corrected chi connectivity index (χ4v) is 3.40. The molecule has 1 spiro atoms. The summed E-state index contributed by atoms with van der Waals surface area (Å²) in [6, 6.07) is 0. The second kappa shape index (κ2) is 5.47. The van der Waals surface area contributed by atoms with Crippen molar-refractivity contribution in [2.75, 3.05) is 0 Å². The van der Waals surface area contributed by atoms with Gasteiger partial charge in [0.2, 0.25) is 0 Å². The van der Waals surface area contributed by atoms with E-state index in [4.69, 9.17) is 37.2 Å². The Balaban J connectivity index is 1.60. The standard InChI is InChI=1S/C12H16B3O12/c1-13(2)20-5-7(9(16)24-13)22-15(26-11(5)18)23-8-6(12(19)27-15)21-14(3,4)25-10(8)17/h5-8H,1-4H3/q-3. The van der Waals surface area contributed by atoms with E-state index in [1.165, 1.54) is 27.3 Å². The highest BCUT2D eigenvalue weighted by Crippen LogP contribution is 2.37. The second-order valence-corrected chi connectivity index (χ2v) is 7.78. The molecule has 4 heterocycles. The lowest BCUT2D eigenvalue weighted by Crippen LogP contribution is -2.74. The van der Waals surface area contributed by atoms with E-state index in [-0.39, 0.29) is 0 Å². The van der Waals surface area contributed by atoms with E-state index in [0.717, 1.165) is 0 Å². The number of carbonyl (C=O) groups is 4. The zero-order valence-electron chi connectivity index (χ0n) is 14.9. The van der Waals surface area contributed by atoms with Crippen LogP contribution in [0.4, 0.5) is 0 Å². The van der Waals surface area contributed by atoms with Crippen LogP contribution in [0.1, 0.15) is 0 Å². The van der Waals surface area contributed by atoms with Crippen LogP contribution in [0.15, 0.2) is 0 Å². The molecule has 0 saturated carbocycles. The molecule has 148 valence electrons. The average molecular weight is 385 g/mol. The quantitative estimate of drug-likeness (QED) is 0.453. The predicted octanol–water partition coefficient (Wildman–Crippen LogP) is -1.41. The van der Waals surface area contributed by atoms with Crippen LogP contribution in [-0.2, 0) is 56.4 Å². The van der Waals surface area contributed by atoms with Crippen LogP contribution in [0.25, 0.3) is 0 Å². The molecule has 0 aromatic heterocycles. The lowest BCUT2D eigenvalue weighted by molar-refractivity contribution is -0.218. The number of carbonyl (C=O) groups excluding carboxylic acids is 4. The maximum absolute atomic E-state index is 12.4. The van der Waals surface area contributed by atoms with Crippen LogP contribution in [0.3, 0.4) is 0 Å². The van der Waals surface area contributed by atoms with Crippen molar-refractivity contribution in [3.63, 3.8) is 0 Å². The highest BCUT2D eigenvalue weighted by atomic mass is 16.9. The van der Waals surface area contributed by atoms with Gasteiger partial charge in [0.05, 0.1) is 0 Å². The zero-order valence-corrected chi connectivity index (χ0v) is 14.9. The Labute approximate surface area is 153 Å². The molecule has 0 aliphatic carbocycles. The molecule has 4 unspecified atom stereocenters. The third-order valence-corrected chi connectivity index (χ3v) is 4.38. The first-order valence-electron chi connectivity index (χ1n) is 8.59. The van der Waals surface area contributed by atoms with Gasteiger partial charge in [0.15, 0.2) is 0 Å². The first-order chi connectivity index (χ1) is 12.4. The minimum absolute atomic E-state index is 0.914. The highest BCUT2D eigenvalue weighted by molar-refractivity contribution is 6.68. The first-order valence-corrected chi connectivity index (χ1v) is 8.59. The number of hydrogen-bond acceptors (Lipinski definition) is 12. The van der Waals surface area contributed by atoms with Gasteiger partial charge in [-0.2, -0.15) is 0 Å². The zero-order chi connectivity index (χ0) is 19.8. The third-order valence-electron chi connectivity index (χ3n) is 4.38. The van der Waals surface area contributed by atoms with Crippen LogP contribution in [-0.4, -0.2) is 68.4 Å². The minimum Gasteiger partial charge on any atom is -0.664 e. The summed E-state index contributed by atoms with van der Waals surface area (Å²) in [4.78, 5) is 49.1. The molecule has 0 aromatic rings. The topological polar surface area (TPSA) is 142 Å².